The molecule has 2 aliphatic heterocycles. The zero-order valence-electron chi connectivity index (χ0n) is 19.6. The molecule has 2 aromatic heterocycles. The number of nitrogens with zero attached hydrogens (tertiary/aromatic N) is 5. The van der Waals surface area contributed by atoms with Crippen LogP contribution in [0.15, 0.2) is 4.79 Å². The van der Waals surface area contributed by atoms with Gasteiger partial charge in [-0.05, 0) is 77.4 Å². The van der Waals surface area contributed by atoms with Crippen molar-refractivity contribution in [2.75, 3.05) is 44.2 Å². The van der Waals surface area contributed by atoms with E-state index >= 15 is 0 Å². The Kier molecular flexibility index (Phi) is 7.25. The van der Waals surface area contributed by atoms with Crippen molar-refractivity contribution < 1.29 is 4.79 Å². The quantitative estimate of drug-likeness (QED) is 0.651. The van der Waals surface area contributed by atoms with Gasteiger partial charge in [-0.25, -0.2) is 4.98 Å². The number of carbonyl (C=O) groups excluding carboxylic acids is 1. The van der Waals surface area contributed by atoms with Crippen LogP contribution in [-0.2, 0) is 17.6 Å². The number of amides is 1. The summed E-state index contributed by atoms with van der Waals surface area (Å²) in [5.41, 5.74) is 1.79. The van der Waals surface area contributed by atoms with Crippen LogP contribution in [0.5, 0.6) is 0 Å². The lowest BCUT2D eigenvalue weighted by molar-refractivity contribution is -0.125. The van der Waals surface area contributed by atoms with Crippen LogP contribution < -0.4 is 15.8 Å². The monoisotopic (exact) mass is 472 g/mol. The third-order valence-electron chi connectivity index (χ3n) is 7.38. The standard InChI is InChI=1S/C24H36N6O2S/c31-21(25-12-8-15-28-13-5-1-2-6-14-28)18-9-7-16-29(17-18)24-27-30-22(32)19-10-3-4-11-20(19)26-23(30)33-24/h18H,1-17H2,(H,25,31)/t18-/m1/s1. The van der Waals surface area contributed by atoms with Crippen LogP contribution in [0.3, 0.4) is 0 Å². The molecule has 4 heterocycles. The van der Waals surface area contributed by atoms with Gasteiger partial charge in [0.1, 0.15) is 0 Å². The third-order valence-corrected chi connectivity index (χ3v) is 8.35. The molecule has 9 heteroatoms. The van der Waals surface area contributed by atoms with Gasteiger partial charge in [0, 0.05) is 25.2 Å². The molecule has 1 aliphatic carbocycles. The molecule has 0 bridgehead atoms. The van der Waals surface area contributed by atoms with E-state index in [-0.39, 0.29) is 17.4 Å². The highest BCUT2D eigenvalue weighted by atomic mass is 32.1. The number of hydrogen-bond acceptors (Lipinski definition) is 7. The molecule has 33 heavy (non-hydrogen) atoms. The predicted molar refractivity (Wildman–Crippen MR) is 131 cm³/mol. The van der Waals surface area contributed by atoms with E-state index in [1.807, 2.05) is 0 Å². The number of rotatable bonds is 6. The molecule has 2 fully saturated rings. The number of anilines is 1. The molecule has 1 amide bonds. The normalized spacial score (nSPS) is 22.2. The maximum Gasteiger partial charge on any atom is 0.278 e. The molecule has 8 nitrogen and oxygen atoms in total. The molecule has 3 aliphatic rings. The van der Waals surface area contributed by atoms with Gasteiger partial charge >= 0.3 is 0 Å². The van der Waals surface area contributed by atoms with E-state index in [4.69, 9.17) is 4.98 Å². The minimum absolute atomic E-state index is 0.00656. The molecule has 2 saturated heterocycles. The Hall–Kier alpha value is -2.00. The Labute approximate surface area is 199 Å². The molecule has 1 N–H and O–H groups in total. The predicted octanol–water partition coefficient (Wildman–Crippen LogP) is 2.63. The Morgan fingerprint density at radius 3 is 2.70 bits per heavy atom. The average molecular weight is 473 g/mol. The second kappa shape index (κ2) is 10.5. The third kappa shape index (κ3) is 5.24. The first-order chi connectivity index (χ1) is 16.2. The molecular weight excluding hydrogens is 436 g/mol. The van der Waals surface area contributed by atoms with Crippen molar-refractivity contribution in [2.45, 2.75) is 70.6 Å². The molecule has 2 aromatic rings. The van der Waals surface area contributed by atoms with E-state index < -0.39 is 0 Å². The summed E-state index contributed by atoms with van der Waals surface area (Å²) in [4.78, 5) is 35.9. The van der Waals surface area contributed by atoms with Crippen LogP contribution in [0.4, 0.5) is 5.13 Å². The van der Waals surface area contributed by atoms with Crippen molar-refractivity contribution in [1.82, 2.24) is 24.8 Å². The second-order valence-electron chi connectivity index (χ2n) is 9.81. The topological polar surface area (TPSA) is 82.8 Å². The van der Waals surface area contributed by atoms with E-state index in [9.17, 15) is 9.59 Å². The van der Waals surface area contributed by atoms with Gasteiger partial charge in [0.2, 0.25) is 16.0 Å². The summed E-state index contributed by atoms with van der Waals surface area (Å²) in [6, 6.07) is 0. The van der Waals surface area contributed by atoms with Crippen molar-refractivity contribution >= 4 is 27.3 Å². The molecule has 0 unspecified atom stereocenters. The Morgan fingerprint density at radius 1 is 1.03 bits per heavy atom. The van der Waals surface area contributed by atoms with Crippen LogP contribution in [0.2, 0.25) is 0 Å². The maximum absolute atomic E-state index is 12.9. The Balaban J connectivity index is 1.17. The molecule has 5 rings (SSSR count). The SMILES string of the molecule is O=C(NCCCN1CCCCCC1)[C@@H]1CCCN(c2nn3c(=O)c4c(nc3s2)CCCC4)C1. The van der Waals surface area contributed by atoms with Gasteiger partial charge in [-0.2, -0.15) is 4.52 Å². The van der Waals surface area contributed by atoms with Gasteiger partial charge in [-0.3, -0.25) is 9.59 Å². The van der Waals surface area contributed by atoms with Crippen LogP contribution in [0.1, 0.15) is 69.0 Å². The van der Waals surface area contributed by atoms with E-state index in [0.29, 0.717) is 11.5 Å². The van der Waals surface area contributed by atoms with Crippen molar-refractivity contribution in [3.8, 4) is 0 Å². The molecule has 0 radical (unpaired) electrons. The fourth-order valence-corrected chi connectivity index (χ4v) is 6.42. The molecule has 0 spiro atoms. The molecule has 0 saturated carbocycles. The van der Waals surface area contributed by atoms with Crippen molar-refractivity contribution in [3.05, 3.63) is 21.6 Å². The Morgan fingerprint density at radius 2 is 1.85 bits per heavy atom. The van der Waals surface area contributed by atoms with Crippen molar-refractivity contribution in [2.24, 2.45) is 5.92 Å². The van der Waals surface area contributed by atoms with Gasteiger partial charge in [0.25, 0.3) is 5.56 Å². The highest BCUT2D eigenvalue weighted by Gasteiger charge is 2.28. The molecule has 1 atom stereocenters. The summed E-state index contributed by atoms with van der Waals surface area (Å²) in [7, 11) is 0. The van der Waals surface area contributed by atoms with Gasteiger partial charge in [0.15, 0.2) is 0 Å². The Bertz CT molecular complexity index is 1030. The lowest BCUT2D eigenvalue weighted by Gasteiger charge is -2.31. The highest BCUT2D eigenvalue weighted by molar-refractivity contribution is 7.20. The number of fused-ring (bicyclic) bond motifs is 2. The first kappa shape index (κ1) is 22.8. The number of carbonyl (C=O) groups is 1. The molecule has 180 valence electrons. The minimum Gasteiger partial charge on any atom is -0.356 e. The molecular formula is C24H36N6O2S. The number of piperidine rings is 1. The van der Waals surface area contributed by atoms with Gasteiger partial charge < -0.3 is 15.1 Å². The zero-order valence-corrected chi connectivity index (χ0v) is 20.4. The van der Waals surface area contributed by atoms with E-state index in [1.54, 1.807) is 0 Å². The highest BCUT2D eigenvalue weighted by Crippen LogP contribution is 2.28. The van der Waals surface area contributed by atoms with Crippen molar-refractivity contribution in [1.29, 1.82) is 0 Å². The summed E-state index contributed by atoms with van der Waals surface area (Å²) in [6.45, 7) is 5.76. The lowest BCUT2D eigenvalue weighted by Crippen LogP contribution is -2.43. The number of likely N-dealkylation sites (tertiary alicyclic amines) is 1. The second-order valence-corrected chi connectivity index (χ2v) is 10.7. The van der Waals surface area contributed by atoms with Gasteiger partial charge in [0.05, 0.1) is 11.6 Å². The summed E-state index contributed by atoms with van der Waals surface area (Å²) < 4.78 is 1.48. The fourth-order valence-electron chi connectivity index (χ4n) is 5.47. The largest absolute Gasteiger partial charge is 0.356 e. The average Bonchev–Trinajstić information content (AvgIpc) is 3.10. The number of nitrogens with one attached hydrogen (secondary N) is 1. The van der Waals surface area contributed by atoms with Gasteiger partial charge in [-0.1, -0.05) is 24.2 Å². The smallest absolute Gasteiger partial charge is 0.278 e. The minimum atomic E-state index is -0.0261. The number of hydrogen-bond donors (Lipinski definition) is 1. The molecule has 0 aromatic carbocycles. The summed E-state index contributed by atoms with van der Waals surface area (Å²) in [5.74, 6) is 0.129. The first-order valence-corrected chi connectivity index (χ1v) is 13.7. The zero-order chi connectivity index (χ0) is 22.6. The lowest BCUT2D eigenvalue weighted by atomic mass is 9.97. The van der Waals surface area contributed by atoms with Crippen LogP contribution in [0.25, 0.3) is 4.96 Å². The summed E-state index contributed by atoms with van der Waals surface area (Å²) in [6.07, 6.45) is 12.0. The van der Waals surface area contributed by atoms with Crippen LogP contribution in [0, 0.1) is 5.92 Å². The van der Waals surface area contributed by atoms with E-state index in [0.717, 1.165) is 81.0 Å². The van der Waals surface area contributed by atoms with Crippen LogP contribution in [-0.4, -0.2) is 64.7 Å². The van der Waals surface area contributed by atoms with Gasteiger partial charge in [-0.15, -0.1) is 5.10 Å². The number of aromatic nitrogens is 3. The number of aryl methyl sites for hydroxylation is 1. The van der Waals surface area contributed by atoms with E-state index in [1.165, 1.54) is 54.6 Å². The summed E-state index contributed by atoms with van der Waals surface area (Å²) >= 11 is 1.47. The van der Waals surface area contributed by atoms with Crippen LogP contribution >= 0.6 is 11.3 Å². The van der Waals surface area contributed by atoms with E-state index in [2.05, 4.69) is 20.2 Å². The maximum atomic E-state index is 12.9. The van der Waals surface area contributed by atoms with Crippen molar-refractivity contribution in [3.63, 3.8) is 0 Å². The summed E-state index contributed by atoms with van der Waals surface area (Å²) in [5, 5.41) is 8.60. The fraction of sp³-hybridized carbons (Fsp3) is 0.750. The first-order valence-electron chi connectivity index (χ1n) is 12.9.